The Kier molecular flexibility index (Phi) is 6.51. The first-order chi connectivity index (χ1) is 14.2. The highest BCUT2D eigenvalue weighted by molar-refractivity contribution is 5.42. The van der Waals surface area contributed by atoms with Crippen LogP contribution in [0.4, 0.5) is 0 Å². The van der Waals surface area contributed by atoms with Crippen LogP contribution >= 0.6 is 0 Å². The van der Waals surface area contributed by atoms with E-state index >= 15 is 0 Å². The first-order valence-electron chi connectivity index (χ1n) is 11.9. The number of rotatable bonds is 10. The molecule has 0 amide bonds. The molecule has 0 saturated heterocycles. The molecule has 1 aliphatic rings. The van der Waals surface area contributed by atoms with Gasteiger partial charge in [-0.3, -0.25) is 4.57 Å². The lowest BCUT2D eigenvalue weighted by molar-refractivity contribution is 0.00240. The van der Waals surface area contributed by atoms with Crippen LogP contribution in [0.25, 0.3) is 0 Å². The fourth-order valence-corrected chi connectivity index (χ4v) is 6.16. The number of hydrogen-bond acceptors (Lipinski definition) is 3. The number of aromatic nitrogens is 1. The van der Waals surface area contributed by atoms with Gasteiger partial charge in [-0.2, -0.15) is 0 Å². The normalized spacial score (nSPS) is 24.0. The second-order valence-corrected chi connectivity index (χ2v) is 13.0. The minimum absolute atomic E-state index is 0.0812. The maximum Gasteiger partial charge on any atom is 0.198 e. The van der Waals surface area contributed by atoms with Gasteiger partial charge in [-0.25, -0.2) is 0 Å². The molecular formula is C28H47NO3. The van der Waals surface area contributed by atoms with E-state index in [2.05, 4.69) is 54.7 Å². The average molecular weight is 446 g/mol. The third kappa shape index (κ3) is 4.75. The molecule has 0 aromatic carbocycles. The lowest BCUT2D eigenvalue weighted by Gasteiger charge is -2.38. The van der Waals surface area contributed by atoms with Crippen LogP contribution in [0, 0.1) is 16.7 Å². The van der Waals surface area contributed by atoms with Crippen molar-refractivity contribution in [2.75, 3.05) is 0 Å². The second kappa shape index (κ2) is 7.88. The van der Waals surface area contributed by atoms with Crippen molar-refractivity contribution in [1.82, 2.24) is 4.57 Å². The zero-order valence-corrected chi connectivity index (χ0v) is 22.4. The molecule has 32 heavy (non-hydrogen) atoms. The first kappa shape index (κ1) is 26.4. The Morgan fingerprint density at radius 1 is 1.12 bits per heavy atom. The molecule has 2 N–H and O–H groups in total. The lowest BCUT2D eigenvalue weighted by atomic mass is 9.72. The van der Waals surface area contributed by atoms with E-state index in [1.807, 2.05) is 34.6 Å². The van der Waals surface area contributed by atoms with Gasteiger partial charge in [0.05, 0.1) is 0 Å². The monoisotopic (exact) mass is 445 g/mol. The molecule has 2 unspecified atom stereocenters. The van der Waals surface area contributed by atoms with E-state index in [9.17, 15) is 10.2 Å². The summed E-state index contributed by atoms with van der Waals surface area (Å²) in [5, 5.41) is 22.2. The van der Waals surface area contributed by atoms with E-state index in [4.69, 9.17) is 4.74 Å². The van der Waals surface area contributed by atoms with Crippen LogP contribution in [0.1, 0.15) is 101 Å². The third-order valence-electron chi connectivity index (χ3n) is 8.14. The van der Waals surface area contributed by atoms with Gasteiger partial charge < -0.3 is 14.9 Å². The zero-order valence-electron chi connectivity index (χ0n) is 22.4. The molecule has 1 fully saturated rings. The predicted molar refractivity (Wildman–Crippen MR) is 134 cm³/mol. The Balaban J connectivity index is 2.34. The van der Waals surface area contributed by atoms with Gasteiger partial charge in [-0.1, -0.05) is 54.7 Å². The Labute approximate surface area is 196 Å². The summed E-state index contributed by atoms with van der Waals surface area (Å²) >= 11 is 0. The number of aromatic hydroxyl groups is 2. The van der Waals surface area contributed by atoms with Crippen molar-refractivity contribution in [3.63, 3.8) is 0 Å². The van der Waals surface area contributed by atoms with Crippen LogP contribution in [-0.4, -0.2) is 20.4 Å². The molecule has 0 bridgehead atoms. The SMILES string of the molecule is C=C(C)C(=C)OC(C)(C)CC(C)(C)n1c(O)cc(C(C)(C)CC2(C)CC2(C)C(C)C)c1O. The topological polar surface area (TPSA) is 54.6 Å². The summed E-state index contributed by atoms with van der Waals surface area (Å²) < 4.78 is 7.71. The van der Waals surface area contributed by atoms with Gasteiger partial charge in [-0.05, 0) is 75.2 Å². The molecule has 4 nitrogen and oxygen atoms in total. The van der Waals surface area contributed by atoms with Crippen LogP contribution in [0.3, 0.4) is 0 Å². The summed E-state index contributed by atoms with van der Waals surface area (Å²) in [6.45, 7) is 31.4. The Morgan fingerprint density at radius 2 is 1.66 bits per heavy atom. The maximum atomic E-state index is 11.3. The Bertz CT molecular complexity index is 902. The summed E-state index contributed by atoms with van der Waals surface area (Å²) in [6, 6.07) is 1.75. The molecule has 0 spiro atoms. The van der Waals surface area contributed by atoms with E-state index in [0.29, 0.717) is 23.5 Å². The highest BCUT2D eigenvalue weighted by Crippen LogP contribution is 2.71. The lowest BCUT2D eigenvalue weighted by Crippen LogP contribution is -2.37. The van der Waals surface area contributed by atoms with E-state index in [1.165, 1.54) is 6.42 Å². The van der Waals surface area contributed by atoms with E-state index in [0.717, 1.165) is 17.6 Å². The minimum Gasteiger partial charge on any atom is -0.494 e. The first-order valence-corrected chi connectivity index (χ1v) is 11.9. The average Bonchev–Trinajstić information content (AvgIpc) is 2.94. The van der Waals surface area contributed by atoms with E-state index in [1.54, 1.807) is 10.6 Å². The number of allylic oxidation sites excluding steroid dienone is 1. The standard InChI is InChI=1S/C28H47NO3/c1-18(2)20(5)32-26(10,11)16-25(8,9)29-22(30)14-21(23(29)31)24(6,7)15-27(12)17-28(27,13)19(3)4/h14,19,30-31H,1,5,15-17H2,2-4,6-13H3. The van der Waals surface area contributed by atoms with Crippen LogP contribution in [0.2, 0.25) is 0 Å². The summed E-state index contributed by atoms with van der Waals surface area (Å²) in [7, 11) is 0. The largest absolute Gasteiger partial charge is 0.494 e. The summed E-state index contributed by atoms with van der Waals surface area (Å²) in [5.74, 6) is 1.39. The van der Waals surface area contributed by atoms with Crippen LogP contribution in [0.5, 0.6) is 11.8 Å². The van der Waals surface area contributed by atoms with Gasteiger partial charge in [0.2, 0.25) is 0 Å². The van der Waals surface area contributed by atoms with Gasteiger partial charge in [-0.15, -0.1) is 0 Å². The molecule has 1 aliphatic carbocycles. The molecule has 0 aliphatic heterocycles. The van der Waals surface area contributed by atoms with Crippen LogP contribution in [0.15, 0.2) is 30.6 Å². The van der Waals surface area contributed by atoms with Gasteiger partial charge in [0.1, 0.15) is 11.4 Å². The van der Waals surface area contributed by atoms with Crippen LogP contribution in [-0.2, 0) is 15.7 Å². The number of nitrogens with zero attached hydrogens (tertiary/aromatic N) is 1. The number of hydrogen-bond donors (Lipinski definition) is 2. The molecule has 2 rings (SSSR count). The van der Waals surface area contributed by atoms with Crippen LogP contribution < -0.4 is 0 Å². The second-order valence-electron chi connectivity index (χ2n) is 13.0. The van der Waals surface area contributed by atoms with Gasteiger partial charge >= 0.3 is 0 Å². The highest BCUT2D eigenvalue weighted by Gasteiger charge is 2.63. The van der Waals surface area contributed by atoms with Gasteiger partial charge in [0.25, 0.3) is 0 Å². The predicted octanol–water partition coefficient (Wildman–Crippen LogP) is 7.65. The zero-order chi connectivity index (χ0) is 25.1. The summed E-state index contributed by atoms with van der Waals surface area (Å²) in [6.07, 6.45) is 2.71. The third-order valence-corrected chi connectivity index (χ3v) is 8.14. The quantitative estimate of drug-likeness (QED) is 0.287. The van der Waals surface area contributed by atoms with Gasteiger partial charge in [0.15, 0.2) is 11.8 Å². The maximum absolute atomic E-state index is 11.3. The summed E-state index contributed by atoms with van der Waals surface area (Å²) in [5.41, 5.74) is 0.710. The molecule has 1 aromatic heterocycles. The summed E-state index contributed by atoms with van der Waals surface area (Å²) in [4.78, 5) is 0. The fourth-order valence-electron chi connectivity index (χ4n) is 6.16. The molecule has 182 valence electrons. The van der Waals surface area contributed by atoms with Crippen molar-refractivity contribution in [3.8, 4) is 11.8 Å². The Morgan fingerprint density at radius 3 is 2.09 bits per heavy atom. The number of ether oxygens (including phenoxy) is 1. The molecule has 1 saturated carbocycles. The molecule has 4 heteroatoms. The van der Waals surface area contributed by atoms with E-state index in [-0.39, 0.29) is 22.6 Å². The highest BCUT2D eigenvalue weighted by atomic mass is 16.5. The molecule has 1 heterocycles. The fraction of sp³-hybridized carbons (Fsp3) is 0.714. The van der Waals surface area contributed by atoms with Crippen molar-refractivity contribution in [2.45, 2.75) is 112 Å². The van der Waals surface area contributed by atoms with Crippen molar-refractivity contribution in [3.05, 3.63) is 36.1 Å². The minimum atomic E-state index is -0.586. The van der Waals surface area contributed by atoms with Crippen molar-refractivity contribution in [2.24, 2.45) is 16.7 Å². The van der Waals surface area contributed by atoms with Crippen molar-refractivity contribution >= 4 is 0 Å². The smallest absolute Gasteiger partial charge is 0.198 e. The van der Waals surface area contributed by atoms with Crippen molar-refractivity contribution < 1.29 is 14.9 Å². The van der Waals surface area contributed by atoms with E-state index < -0.39 is 11.1 Å². The van der Waals surface area contributed by atoms with Crippen molar-refractivity contribution in [1.29, 1.82) is 0 Å². The molecule has 0 radical (unpaired) electrons. The van der Waals surface area contributed by atoms with Gasteiger partial charge in [0, 0.05) is 23.6 Å². The molecular weight excluding hydrogens is 398 g/mol. The Hall–Kier alpha value is -1.84. The molecule has 1 aromatic rings. The molecule has 2 atom stereocenters.